The third kappa shape index (κ3) is 4.74. The molecule has 0 bridgehead atoms. The van der Waals surface area contributed by atoms with Crippen LogP contribution in [0.25, 0.3) is 0 Å². The first-order chi connectivity index (χ1) is 8.19. The van der Waals surface area contributed by atoms with Crippen molar-refractivity contribution in [3.05, 3.63) is 34.1 Å². The minimum Gasteiger partial charge on any atom is -0.379 e. The molecule has 17 heavy (non-hydrogen) atoms. The van der Waals surface area contributed by atoms with Gasteiger partial charge in [-0.05, 0) is 46.6 Å². The molecule has 1 aromatic carbocycles. The summed E-state index contributed by atoms with van der Waals surface area (Å²) in [6, 6.07) is 5.24. The van der Waals surface area contributed by atoms with Crippen LogP contribution in [0.15, 0.2) is 22.7 Å². The van der Waals surface area contributed by atoms with Gasteiger partial charge in [-0.15, -0.1) is 0 Å². The monoisotopic (exact) mass is 303 g/mol. The Morgan fingerprint density at radius 1 is 1.41 bits per heavy atom. The van der Waals surface area contributed by atoms with Gasteiger partial charge in [0.15, 0.2) is 0 Å². The summed E-state index contributed by atoms with van der Waals surface area (Å²) in [6.45, 7) is 6.24. The zero-order valence-corrected chi connectivity index (χ0v) is 11.9. The molecule has 96 valence electrons. The molecule has 1 atom stereocenters. The second-order valence-electron chi connectivity index (χ2n) is 3.86. The first-order valence-corrected chi connectivity index (χ1v) is 6.74. The lowest BCUT2D eigenvalue weighted by Gasteiger charge is -2.18. The molecule has 0 saturated carbocycles. The van der Waals surface area contributed by atoms with Crippen LogP contribution in [-0.4, -0.2) is 19.8 Å². The largest absolute Gasteiger partial charge is 0.379 e. The van der Waals surface area contributed by atoms with Gasteiger partial charge in [-0.1, -0.05) is 19.9 Å². The average molecular weight is 304 g/mol. The number of hydrogen-bond acceptors (Lipinski definition) is 2. The van der Waals surface area contributed by atoms with E-state index in [0.717, 1.165) is 25.1 Å². The van der Waals surface area contributed by atoms with Crippen LogP contribution in [0.5, 0.6) is 0 Å². The molecule has 1 rings (SSSR count). The van der Waals surface area contributed by atoms with E-state index in [1.165, 1.54) is 0 Å². The van der Waals surface area contributed by atoms with Crippen molar-refractivity contribution in [2.45, 2.75) is 26.3 Å². The number of ether oxygens (including phenoxy) is 1. The van der Waals surface area contributed by atoms with Gasteiger partial charge >= 0.3 is 0 Å². The van der Waals surface area contributed by atoms with Crippen molar-refractivity contribution < 1.29 is 9.13 Å². The molecule has 4 heteroatoms. The average Bonchev–Trinajstić information content (AvgIpc) is 2.32. The van der Waals surface area contributed by atoms with Gasteiger partial charge < -0.3 is 10.1 Å². The van der Waals surface area contributed by atoms with Crippen LogP contribution in [-0.2, 0) is 4.74 Å². The van der Waals surface area contributed by atoms with Gasteiger partial charge in [0.2, 0.25) is 0 Å². The van der Waals surface area contributed by atoms with Gasteiger partial charge in [0.05, 0.1) is 17.1 Å². The van der Waals surface area contributed by atoms with Crippen molar-refractivity contribution in [3.63, 3.8) is 0 Å². The van der Waals surface area contributed by atoms with Gasteiger partial charge in [-0.2, -0.15) is 0 Å². The fourth-order valence-corrected chi connectivity index (χ4v) is 1.84. The predicted molar refractivity (Wildman–Crippen MR) is 71.6 cm³/mol. The molecule has 0 saturated heterocycles. The summed E-state index contributed by atoms with van der Waals surface area (Å²) in [6.07, 6.45) is 0.994. The summed E-state index contributed by atoms with van der Waals surface area (Å²) >= 11 is 3.15. The van der Waals surface area contributed by atoms with Crippen LogP contribution in [0.3, 0.4) is 0 Å². The van der Waals surface area contributed by atoms with E-state index in [4.69, 9.17) is 4.74 Å². The first-order valence-electron chi connectivity index (χ1n) is 5.95. The summed E-state index contributed by atoms with van der Waals surface area (Å²) in [5.41, 5.74) is 0.920. The van der Waals surface area contributed by atoms with Crippen LogP contribution in [0.2, 0.25) is 0 Å². The van der Waals surface area contributed by atoms with Gasteiger partial charge in [0.25, 0.3) is 0 Å². The lowest BCUT2D eigenvalue weighted by Crippen LogP contribution is -2.25. The lowest BCUT2D eigenvalue weighted by molar-refractivity contribution is 0.112. The van der Waals surface area contributed by atoms with E-state index < -0.39 is 0 Å². The molecule has 1 aromatic rings. The molecule has 0 aliphatic carbocycles. The Morgan fingerprint density at radius 3 is 2.76 bits per heavy atom. The molecule has 1 N–H and O–H groups in total. The zero-order chi connectivity index (χ0) is 12.7. The first kappa shape index (κ1) is 14.6. The minimum atomic E-state index is -0.235. The van der Waals surface area contributed by atoms with Crippen LogP contribution in [0.1, 0.15) is 31.9 Å². The number of rotatable bonds is 7. The van der Waals surface area contributed by atoms with Gasteiger partial charge in [0.1, 0.15) is 5.82 Å². The molecule has 0 aromatic heterocycles. The van der Waals surface area contributed by atoms with Gasteiger partial charge in [0, 0.05) is 6.61 Å². The maximum atomic E-state index is 13.5. The Morgan fingerprint density at radius 2 is 2.18 bits per heavy atom. The molecule has 0 aliphatic rings. The maximum absolute atomic E-state index is 13.5. The van der Waals surface area contributed by atoms with Crippen LogP contribution in [0.4, 0.5) is 4.39 Å². The summed E-state index contributed by atoms with van der Waals surface area (Å²) in [5, 5.41) is 3.30. The molecule has 0 fully saturated rings. The van der Waals surface area contributed by atoms with E-state index in [9.17, 15) is 4.39 Å². The normalized spacial score (nSPS) is 12.7. The molecule has 0 aliphatic heterocycles. The summed E-state index contributed by atoms with van der Waals surface area (Å²) in [5.74, 6) is -0.235. The highest BCUT2D eigenvalue weighted by molar-refractivity contribution is 9.10. The molecular formula is C13H19BrFNO. The molecule has 0 radical (unpaired) electrons. The number of halogens is 2. The van der Waals surface area contributed by atoms with E-state index >= 15 is 0 Å². The van der Waals surface area contributed by atoms with E-state index in [2.05, 4.69) is 28.2 Å². The number of hydrogen-bond donors (Lipinski definition) is 1. The fourth-order valence-electron chi connectivity index (χ4n) is 1.59. The van der Waals surface area contributed by atoms with Crippen molar-refractivity contribution in [1.29, 1.82) is 0 Å². The standard InChI is InChI=1S/C13H19BrFNO/c1-3-7-17-9-13(16-4-2)10-5-6-11(14)12(15)8-10/h5-6,8,13,16H,3-4,7,9H2,1-2H3. The quantitative estimate of drug-likeness (QED) is 0.776. The SMILES string of the molecule is CCCOCC(NCC)c1ccc(Br)c(F)c1. The van der Waals surface area contributed by atoms with E-state index in [-0.39, 0.29) is 11.9 Å². The van der Waals surface area contributed by atoms with Crippen molar-refractivity contribution in [1.82, 2.24) is 5.32 Å². The van der Waals surface area contributed by atoms with E-state index in [0.29, 0.717) is 11.1 Å². The topological polar surface area (TPSA) is 21.3 Å². The Balaban J connectivity index is 2.70. The molecular weight excluding hydrogens is 285 g/mol. The molecule has 0 amide bonds. The van der Waals surface area contributed by atoms with Crippen molar-refractivity contribution in [2.24, 2.45) is 0 Å². The molecule has 1 unspecified atom stereocenters. The third-order valence-electron chi connectivity index (χ3n) is 2.43. The Labute approximate surface area is 111 Å². The molecule has 2 nitrogen and oxygen atoms in total. The Bertz CT molecular complexity index is 346. The van der Waals surface area contributed by atoms with Crippen LogP contribution >= 0.6 is 15.9 Å². The number of likely N-dealkylation sites (N-methyl/N-ethyl adjacent to an activating group) is 1. The highest BCUT2D eigenvalue weighted by atomic mass is 79.9. The number of nitrogens with one attached hydrogen (secondary N) is 1. The van der Waals surface area contributed by atoms with Crippen molar-refractivity contribution >= 4 is 15.9 Å². The highest BCUT2D eigenvalue weighted by Gasteiger charge is 2.12. The predicted octanol–water partition coefficient (Wildman–Crippen LogP) is 3.67. The van der Waals surface area contributed by atoms with Gasteiger partial charge in [-0.3, -0.25) is 0 Å². The van der Waals surface area contributed by atoms with Gasteiger partial charge in [-0.25, -0.2) is 4.39 Å². The Kier molecular flexibility index (Phi) is 6.70. The maximum Gasteiger partial charge on any atom is 0.137 e. The third-order valence-corrected chi connectivity index (χ3v) is 3.07. The van der Waals surface area contributed by atoms with E-state index in [1.807, 2.05) is 13.0 Å². The van der Waals surface area contributed by atoms with Crippen LogP contribution < -0.4 is 5.32 Å². The molecule has 0 spiro atoms. The molecule has 0 heterocycles. The second-order valence-corrected chi connectivity index (χ2v) is 4.71. The smallest absolute Gasteiger partial charge is 0.137 e. The zero-order valence-electron chi connectivity index (χ0n) is 10.3. The fraction of sp³-hybridized carbons (Fsp3) is 0.538. The highest BCUT2D eigenvalue weighted by Crippen LogP contribution is 2.21. The number of benzene rings is 1. The lowest BCUT2D eigenvalue weighted by atomic mass is 10.1. The van der Waals surface area contributed by atoms with E-state index in [1.54, 1.807) is 12.1 Å². The Hall–Kier alpha value is -0.450. The van der Waals surface area contributed by atoms with Crippen molar-refractivity contribution in [3.8, 4) is 0 Å². The summed E-state index contributed by atoms with van der Waals surface area (Å²) in [7, 11) is 0. The summed E-state index contributed by atoms with van der Waals surface area (Å²) in [4.78, 5) is 0. The summed E-state index contributed by atoms with van der Waals surface area (Å²) < 4.78 is 19.5. The second kappa shape index (κ2) is 7.80. The van der Waals surface area contributed by atoms with Crippen molar-refractivity contribution in [2.75, 3.05) is 19.8 Å². The minimum absolute atomic E-state index is 0.0501. The van der Waals surface area contributed by atoms with Crippen LogP contribution in [0, 0.1) is 5.82 Å².